The van der Waals surface area contributed by atoms with Crippen molar-refractivity contribution in [3.8, 4) is 0 Å². The average molecular weight is 465 g/mol. The lowest BCUT2D eigenvalue weighted by molar-refractivity contribution is -0.229. The fraction of sp³-hybridized carbons (Fsp3) is 0.357. The normalized spacial score (nSPS) is 25.1. The molecule has 0 saturated carbocycles. The minimum Gasteiger partial charge on any atom is -0.388 e. The maximum atomic E-state index is 11.0. The highest BCUT2D eigenvalue weighted by atomic mass is 16.7. The van der Waals surface area contributed by atoms with E-state index in [1.54, 1.807) is 7.11 Å². The zero-order chi connectivity index (χ0) is 23.6. The third kappa shape index (κ3) is 6.73. The van der Waals surface area contributed by atoms with E-state index in [0.717, 1.165) is 16.7 Å². The van der Waals surface area contributed by atoms with Gasteiger partial charge in [-0.15, -0.1) is 0 Å². The molecule has 1 aliphatic rings. The maximum Gasteiger partial charge on any atom is 0.186 e. The van der Waals surface area contributed by atoms with Gasteiger partial charge in [0, 0.05) is 7.11 Å². The van der Waals surface area contributed by atoms with Crippen LogP contribution < -0.4 is 0 Å². The van der Waals surface area contributed by atoms with Crippen LogP contribution in [0.1, 0.15) is 16.7 Å². The molecule has 1 aliphatic heterocycles. The first-order valence-corrected chi connectivity index (χ1v) is 11.5. The number of rotatable bonds is 10. The van der Waals surface area contributed by atoms with Gasteiger partial charge < -0.3 is 28.8 Å². The van der Waals surface area contributed by atoms with Crippen molar-refractivity contribution in [1.82, 2.24) is 0 Å². The Balaban J connectivity index is 1.57. The lowest BCUT2D eigenvalue weighted by atomic mass is 10.0. The first kappa shape index (κ1) is 24.5. The fourth-order valence-corrected chi connectivity index (χ4v) is 4.02. The topological polar surface area (TPSA) is 66.4 Å². The van der Waals surface area contributed by atoms with E-state index in [-0.39, 0.29) is 6.61 Å². The zero-order valence-corrected chi connectivity index (χ0v) is 19.4. The van der Waals surface area contributed by atoms with Crippen molar-refractivity contribution in [1.29, 1.82) is 0 Å². The lowest BCUT2D eigenvalue weighted by Gasteiger charge is -2.34. The van der Waals surface area contributed by atoms with E-state index in [2.05, 4.69) is 0 Å². The minimum atomic E-state index is -0.910. The molecule has 0 amide bonds. The molecular formula is C28H32O6. The van der Waals surface area contributed by atoms with Crippen molar-refractivity contribution < 1.29 is 28.8 Å². The van der Waals surface area contributed by atoms with Gasteiger partial charge in [-0.25, -0.2) is 0 Å². The SMILES string of the molecule is COC1OCC(O)C(OCc2ccccc2)C(OCc2ccccc2)C1OCc1ccccc1. The molecule has 5 unspecified atom stereocenters. The highest BCUT2D eigenvalue weighted by molar-refractivity contribution is 5.15. The summed E-state index contributed by atoms with van der Waals surface area (Å²) in [6.45, 7) is 1.07. The van der Waals surface area contributed by atoms with Gasteiger partial charge in [0.15, 0.2) is 6.29 Å². The average Bonchev–Trinajstić information content (AvgIpc) is 3.02. The maximum absolute atomic E-state index is 11.0. The second-order valence-electron chi connectivity index (χ2n) is 8.29. The summed E-state index contributed by atoms with van der Waals surface area (Å²) in [5.41, 5.74) is 3.04. The summed E-state index contributed by atoms with van der Waals surface area (Å²) in [6, 6.07) is 29.6. The van der Waals surface area contributed by atoms with Crippen LogP contribution in [-0.4, -0.2) is 49.5 Å². The fourth-order valence-electron chi connectivity index (χ4n) is 4.02. The van der Waals surface area contributed by atoms with Crippen LogP contribution in [-0.2, 0) is 43.5 Å². The van der Waals surface area contributed by atoms with Gasteiger partial charge in [0.2, 0.25) is 0 Å². The molecule has 1 heterocycles. The first-order valence-electron chi connectivity index (χ1n) is 11.5. The van der Waals surface area contributed by atoms with Crippen LogP contribution in [0.25, 0.3) is 0 Å². The number of aliphatic hydroxyl groups excluding tert-OH is 1. The molecule has 6 heteroatoms. The van der Waals surface area contributed by atoms with Gasteiger partial charge in [0.1, 0.15) is 24.4 Å². The second kappa shape index (κ2) is 12.8. The Hall–Kier alpha value is -2.58. The predicted octanol–water partition coefficient (Wildman–Crippen LogP) is 4.11. The van der Waals surface area contributed by atoms with Gasteiger partial charge in [-0.05, 0) is 16.7 Å². The standard InChI is InChI=1S/C28H32O6/c1-30-28-27(33-19-23-15-9-4-10-16-23)26(32-18-22-13-7-3-8-14-22)25(24(29)20-34-28)31-17-21-11-5-2-6-12-21/h2-16,24-29H,17-20H2,1H3. The molecule has 0 bridgehead atoms. The van der Waals surface area contributed by atoms with E-state index >= 15 is 0 Å². The lowest BCUT2D eigenvalue weighted by Crippen LogP contribution is -2.50. The van der Waals surface area contributed by atoms with Crippen LogP contribution in [0.3, 0.4) is 0 Å². The third-order valence-corrected chi connectivity index (χ3v) is 5.81. The van der Waals surface area contributed by atoms with Gasteiger partial charge >= 0.3 is 0 Å². The number of hydrogen-bond donors (Lipinski definition) is 1. The van der Waals surface area contributed by atoms with E-state index < -0.39 is 30.7 Å². The number of aliphatic hydroxyl groups is 1. The van der Waals surface area contributed by atoms with E-state index in [1.165, 1.54) is 0 Å². The minimum absolute atomic E-state index is 0.0500. The van der Waals surface area contributed by atoms with Crippen LogP contribution >= 0.6 is 0 Å². The van der Waals surface area contributed by atoms with Gasteiger partial charge in [0.25, 0.3) is 0 Å². The van der Waals surface area contributed by atoms with Crippen LogP contribution in [0.15, 0.2) is 91.0 Å². The summed E-state index contributed by atoms with van der Waals surface area (Å²) in [4.78, 5) is 0. The Labute approximate surface area is 201 Å². The molecule has 1 saturated heterocycles. The van der Waals surface area contributed by atoms with Crippen LogP contribution in [0.5, 0.6) is 0 Å². The molecule has 1 fully saturated rings. The molecule has 3 aromatic carbocycles. The van der Waals surface area contributed by atoms with E-state index in [1.807, 2.05) is 91.0 Å². The van der Waals surface area contributed by atoms with E-state index in [4.69, 9.17) is 23.7 Å². The molecule has 0 spiro atoms. The van der Waals surface area contributed by atoms with Crippen molar-refractivity contribution in [3.63, 3.8) is 0 Å². The van der Waals surface area contributed by atoms with Crippen molar-refractivity contribution in [2.75, 3.05) is 13.7 Å². The molecule has 0 radical (unpaired) electrons. The summed E-state index contributed by atoms with van der Waals surface area (Å²) in [7, 11) is 1.56. The monoisotopic (exact) mass is 464 g/mol. The summed E-state index contributed by atoms with van der Waals surface area (Å²) in [5, 5.41) is 11.0. The Morgan fingerprint density at radius 1 is 0.647 bits per heavy atom. The number of benzene rings is 3. The molecular weight excluding hydrogens is 432 g/mol. The third-order valence-electron chi connectivity index (χ3n) is 5.81. The molecule has 4 rings (SSSR count). The first-order chi connectivity index (χ1) is 16.7. The van der Waals surface area contributed by atoms with Gasteiger partial charge in [0.05, 0.1) is 26.4 Å². The van der Waals surface area contributed by atoms with Gasteiger partial charge in [-0.2, -0.15) is 0 Å². The smallest absolute Gasteiger partial charge is 0.186 e. The Morgan fingerprint density at radius 3 is 1.50 bits per heavy atom. The Bertz CT molecular complexity index is 952. The van der Waals surface area contributed by atoms with Crippen molar-refractivity contribution in [2.24, 2.45) is 0 Å². The summed E-state index contributed by atoms with van der Waals surface area (Å²) in [5.74, 6) is 0. The molecule has 0 aromatic heterocycles. The Morgan fingerprint density at radius 2 is 1.06 bits per heavy atom. The highest BCUT2D eigenvalue weighted by Gasteiger charge is 2.45. The van der Waals surface area contributed by atoms with Crippen molar-refractivity contribution >= 4 is 0 Å². The van der Waals surface area contributed by atoms with E-state index in [9.17, 15) is 5.11 Å². The molecule has 34 heavy (non-hydrogen) atoms. The predicted molar refractivity (Wildman–Crippen MR) is 128 cm³/mol. The largest absolute Gasteiger partial charge is 0.388 e. The molecule has 0 aliphatic carbocycles. The number of methoxy groups -OCH3 is 1. The molecule has 3 aromatic rings. The quantitative estimate of drug-likeness (QED) is 0.487. The summed E-state index contributed by atoms with van der Waals surface area (Å²) in [6.07, 6.45) is -3.55. The van der Waals surface area contributed by atoms with Crippen molar-refractivity contribution in [3.05, 3.63) is 108 Å². The molecule has 6 nitrogen and oxygen atoms in total. The van der Waals surface area contributed by atoms with Crippen molar-refractivity contribution in [2.45, 2.75) is 50.5 Å². The molecule has 180 valence electrons. The second-order valence-corrected chi connectivity index (χ2v) is 8.29. The summed E-state index contributed by atoms with van der Waals surface area (Å²) >= 11 is 0. The van der Waals surface area contributed by atoms with Crippen LogP contribution in [0.2, 0.25) is 0 Å². The molecule has 1 N–H and O–H groups in total. The Kier molecular flexibility index (Phi) is 9.21. The summed E-state index contributed by atoms with van der Waals surface area (Å²) < 4.78 is 30.4. The zero-order valence-electron chi connectivity index (χ0n) is 19.4. The number of ether oxygens (including phenoxy) is 5. The van der Waals surface area contributed by atoms with Gasteiger partial charge in [-0.3, -0.25) is 0 Å². The van der Waals surface area contributed by atoms with Crippen LogP contribution in [0.4, 0.5) is 0 Å². The van der Waals surface area contributed by atoms with Gasteiger partial charge in [-0.1, -0.05) is 91.0 Å². The number of hydrogen-bond acceptors (Lipinski definition) is 6. The van der Waals surface area contributed by atoms with E-state index in [0.29, 0.717) is 19.8 Å². The van der Waals surface area contributed by atoms with Crippen LogP contribution in [0, 0.1) is 0 Å². The molecule has 5 atom stereocenters. The highest BCUT2D eigenvalue weighted by Crippen LogP contribution is 2.27.